The van der Waals surface area contributed by atoms with E-state index in [4.69, 9.17) is 0 Å². The van der Waals surface area contributed by atoms with E-state index in [-0.39, 0.29) is 5.91 Å². The Hall–Kier alpha value is -1.51. The summed E-state index contributed by atoms with van der Waals surface area (Å²) in [5, 5.41) is 6.35. The molecule has 0 aliphatic carbocycles. The van der Waals surface area contributed by atoms with Crippen molar-refractivity contribution < 1.29 is 4.79 Å². The van der Waals surface area contributed by atoms with Crippen LogP contribution in [0.4, 0.5) is 11.4 Å². The van der Waals surface area contributed by atoms with Crippen molar-refractivity contribution in [3.05, 3.63) is 24.3 Å². The van der Waals surface area contributed by atoms with Crippen LogP contribution < -0.4 is 10.6 Å². The monoisotopic (exact) mass is 248 g/mol. The molecule has 0 spiro atoms. The molecule has 3 heteroatoms. The molecular weight excluding hydrogens is 224 g/mol. The number of rotatable bonds is 7. The van der Waals surface area contributed by atoms with Crippen molar-refractivity contribution in [2.45, 2.75) is 52.5 Å². The van der Waals surface area contributed by atoms with Gasteiger partial charge >= 0.3 is 0 Å². The van der Waals surface area contributed by atoms with Crippen LogP contribution in [0.25, 0.3) is 0 Å². The molecule has 0 saturated heterocycles. The van der Waals surface area contributed by atoms with Gasteiger partial charge < -0.3 is 10.6 Å². The van der Waals surface area contributed by atoms with Gasteiger partial charge in [-0.3, -0.25) is 4.79 Å². The van der Waals surface area contributed by atoms with E-state index in [0.717, 1.165) is 24.2 Å². The molecule has 1 amide bonds. The van der Waals surface area contributed by atoms with Crippen molar-refractivity contribution in [1.29, 1.82) is 0 Å². The van der Waals surface area contributed by atoms with Gasteiger partial charge in [0.1, 0.15) is 0 Å². The number of benzene rings is 1. The normalized spacial score (nSPS) is 11.9. The first-order valence-corrected chi connectivity index (χ1v) is 6.82. The molecule has 1 aromatic carbocycles. The Balaban J connectivity index is 2.59. The second-order valence-electron chi connectivity index (χ2n) is 4.71. The molecule has 0 bridgehead atoms. The lowest BCUT2D eigenvalue weighted by atomic mass is 10.2. The maximum atomic E-state index is 11.5. The lowest BCUT2D eigenvalue weighted by molar-refractivity contribution is -0.116. The highest BCUT2D eigenvalue weighted by molar-refractivity contribution is 5.91. The van der Waals surface area contributed by atoms with Crippen LogP contribution in [0, 0.1) is 0 Å². The van der Waals surface area contributed by atoms with E-state index < -0.39 is 0 Å². The molecule has 2 N–H and O–H groups in total. The lowest BCUT2D eigenvalue weighted by Gasteiger charge is -2.15. The standard InChI is InChI=1S/C15H24N2O/c1-4-7-12(3)16-13-9-6-10-14(11-13)17-15(18)8-5-2/h6,9-12,16H,4-5,7-8H2,1-3H3,(H,17,18). The van der Waals surface area contributed by atoms with Crippen molar-refractivity contribution in [1.82, 2.24) is 0 Å². The predicted molar refractivity (Wildman–Crippen MR) is 78.0 cm³/mol. The smallest absolute Gasteiger partial charge is 0.224 e. The van der Waals surface area contributed by atoms with Crippen LogP contribution in [0.1, 0.15) is 46.5 Å². The zero-order valence-electron chi connectivity index (χ0n) is 11.6. The van der Waals surface area contributed by atoms with Crippen LogP contribution in [0.2, 0.25) is 0 Å². The highest BCUT2D eigenvalue weighted by atomic mass is 16.1. The summed E-state index contributed by atoms with van der Waals surface area (Å²) in [5.74, 6) is 0.0799. The molecule has 0 aliphatic rings. The molecule has 3 nitrogen and oxygen atoms in total. The van der Waals surface area contributed by atoms with E-state index in [9.17, 15) is 4.79 Å². The minimum Gasteiger partial charge on any atom is -0.383 e. The van der Waals surface area contributed by atoms with Crippen molar-refractivity contribution in [3.63, 3.8) is 0 Å². The summed E-state index contributed by atoms with van der Waals surface area (Å²) in [6, 6.07) is 8.35. The lowest BCUT2D eigenvalue weighted by Crippen LogP contribution is -2.15. The third-order valence-corrected chi connectivity index (χ3v) is 2.76. The van der Waals surface area contributed by atoms with Crippen molar-refractivity contribution in [3.8, 4) is 0 Å². The second kappa shape index (κ2) is 7.75. The van der Waals surface area contributed by atoms with Gasteiger partial charge in [0.15, 0.2) is 0 Å². The number of nitrogens with one attached hydrogen (secondary N) is 2. The Labute approximate surface area is 110 Å². The molecule has 1 aromatic rings. The Morgan fingerprint density at radius 3 is 2.61 bits per heavy atom. The second-order valence-corrected chi connectivity index (χ2v) is 4.71. The molecule has 1 rings (SSSR count). The first kappa shape index (κ1) is 14.6. The Morgan fingerprint density at radius 1 is 1.22 bits per heavy atom. The fourth-order valence-corrected chi connectivity index (χ4v) is 1.93. The minimum absolute atomic E-state index is 0.0799. The molecule has 0 radical (unpaired) electrons. The number of hydrogen-bond donors (Lipinski definition) is 2. The van der Waals surface area contributed by atoms with E-state index in [2.05, 4.69) is 24.5 Å². The zero-order chi connectivity index (χ0) is 13.4. The number of carbonyl (C=O) groups is 1. The summed E-state index contributed by atoms with van der Waals surface area (Å²) in [7, 11) is 0. The fourth-order valence-electron chi connectivity index (χ4n) is 1.93. The molecule has 1 atom stereocenters. The predicted octanol–water partition coefficient (Wildman–Crippen LogP) is 4.03. The van der Waals surface area contributed by atoms with E-state index in [1.54, 1.807) is 0 Å². The topological polar surface area (TPSA) is 41.1 Å². The van der Waals surface area contributed by atoms with Gasteiger partial charge in [0.2, 0.25) is 5.91 Å². The molecular formula is C15H24N2O. The molecule has 100 valence electrons. The highest BCUT2D eigenvalue weighted by Gasteiger charge is 2.03. The van der Waals surface area contributed by atoms with Gasteiger partial charge in [-0.05, 0) is 38.0 Å². The van der Waals surface area contributed by atoms with E-state index in [1.807, 2.05) is 31.2 Å². The molecule has 0 aliphatic heterocycles. The van der Waals surface area contributed by atoms with Crippen LogP contribution in [0.3, 0.4) is 0 Å². The molecule has 1 unspecified atom stereocenters. The summed E-state index contributed by atoms with van der Waals surface area (Å²) < 4.78 is 0. The van der Waals surface area contributed by atoms with Gasteiger partial charge in [-0.25, -0.2) is 0 Å². The van der Waals surface area contributed by atoms with Crippen LogP contribution >= 0.6 is 0 Å². The largest absolute Gasteiger partial charge is 0.383 e. The number of amides is 1. The van der Waals surface area contributed by atoms with Crippen LogP contribution in [-0.2, 0) is 4.79 Å². The first-order valence-electron chi connectivity index (χ1n) is 6.82. The van der Waals surface area contributed by atoms with Crippen LogP contribution in [-0.4, -0.2) is 11.9 Å². The zero-order valence-corrected chi connectivity index (χ0v) is 11.6. The summed E-state index contributed by atoms with van der Waals surface area (Å²) in [6.07, 6.45) is 3.76. The van der Waals surface area contributed by atoms with Gasteiger partial charge in [0.25, 0.3) is 0 Å². The molecule has 0 heterocycles. The van der Waals surface area contributed by atoms with Gasteiger partial charge in [0.05, 0.1) is 0 Å². The Bertz CT molecular complexity index is 377. The molecule has 0 fully saturated rings. The average molecular weight is 248 g/mol. The highest BCUT2D eigenvalue weighted by Crippen LogP contribution is 2.17. The SMILES string of the molecule is CCCC(=O)Nc1cccc(NC(C)CCC)c1. The maximum absolute atomic E-state index is 11.5. The molecule has 0 saturated carbocycles. The quantitative estimate of drug-likeness (QED) is 0.765. The first-order chi connectivity index (χ1) is 8.65. The van der Waals surface area contributed by atoms with Gasteiger partial charge in [0, 0.05) is 23.8 Å². The maximum Gasteiger partial charge on any atom is 0.224 e. The summed E-state index contributed by atoms with van der Waals surface area (Å²) in [4.78, 5) is 11.5. The fraction of sp³-hybridized carbons (Fsp3) is 0.533. The van der Waals surface area contributed by atoms with E-state index in [0.29, 0.717) is 12.5 Å². The van der Waals surface area contributed by atoms with Crippen molar-refractivity contribution >= 4 is 17.3 Å². The van der Waals surface area contributed by atoms with Crippen LogP contribution in [0.15, 0.2) is 24.3 Å². The van der Waals surface area contributed by atoms with E-state index in [1.165, 1.54) is 6.42 Å². The summed E-state index contributed by atoms with van der Waals surface area (Å²) >= 11 is 0. The number of anilines is 2. The van der Waals surface area contributed by atoms with Gasteiger partial charge in [-0.1, -0.05) is 26.3 Å². The summed E-state index contributed by atoms with van der Waals surface area (Å²) in [5.41, 5.74) is 1.92. The summed E-state index contributed by atoms with van der Waals surface area (Å²) in [6.45, 7) is 6.36. The number of carbonyl (C=O) groups excluding carboxylic acids is 1. The number of hydrogen-bond acceptors (Lipinski definition) is 2. The van der Waals surface area contributed by atoms with Gasteiger partial charge in [-0.15, -0.1) is 0 Å². The average Bonchev–Trinajstić information content (AvgIpc) is 2.29. The third kappa shape index (κ3) is 5.21. The minimum atomic E-state index is 0.0799. The van der Waals surface area contributed by atoms with Crippen molar-refractivity contribution in [2.24, 2.45) is 0 Å². The third-order valence-electron chi connectivity index (χ3n) is 2.76. The van der Waals surface area contributed by atoms with Gasteiger partial charge in [-0.2, -0.15) is 0 Å². The molecule has 18 heavy (non-hydrogen) atoms. The molecule has 0 aromatic heterocycles. The Kier molecular flexibility index (Phi) is 6.26. The Morgan fingerprint density at radius 2 is 1.94 bits per heavy atom. The van der Waals surface area contributed by atoms with Crippen LogP contribution in [0.5, 0.6) is 0 Å². The van der Waals surface area contributed by atoms with E-state index >= 15 is 0 Å². The van der Waals surface area contributed by atoms with Crippen molar-refractivity contribution in [2.75, 3.05) is 10.6 Å².